The number of rotatable bonds is 4. The Kier molecular flexibility index (Phi) is 4.74. The van der Waals surface area contributed by atoms with Gasteiger partial charge in [0, 0.05) is 17.9 Å². The molecule has 1 unspecified atom stereocenters. The number of ether oxygens (including phenoxy) is 1. The quantitative estimate of drug-likeness (QED) is 0.844. The number of carbonyl (C=O) groups is 1. The van der Waals surface area contributed by atoms with Crippen LogP contribution in [0.1, 0.15) is 19.4 Å². The minimum atomic E-state index is -0.0445. The van der Waals surface area contributed by atoms with Crippen molar-refractivity contribution in [1.82, 2.24) is 5.32 Å². The lowest BCUT2D eigenvalue weighted by atomic mass is 9.94. The molecule has 1 aromatic rings. The highest BCUT2D eigenvalue weighted by molar-refractivity contribution is 5.79. The maximum absolute atomic E-state index is 11.9. The van der Waals surface area contributed by atoms with Gasteiger partial charge in [0.15, 0.2) is 0 Å². The van der Waals surface area contributed by atoms with Gasteiger partial charge in [0.2, 0.25) is 5.91 Å². The van der Waals surface area contributed by atoms with Gasteiger partial charge in [-0.15, -0.1) is 0 Å². The van der Waals surface area contributed by atoms with Gasteiger partial charge < -0.3 is 10.1 Å². The van der Waals surface area contributed by atoms with Gasteiger partial charge in [-0.1, -0.05) is 49.4 Å². The zero-order chi connectivity index (χ0) is 13.7. The molecule has 0 aliphatic carbocycles. The Hall–Kier alpha value is -1.61. The summed E-state index contributed by atoms with van der Waals surface area (Å²) in [6.45, 7) is 5.10. The summed E-state index contributed by atoms with van der Waals surface area (Å²) in [6.07, 6.45) is 4.14. The fraction of sp³-hybridized carbons (Fsp3) is 0.438. The van der Waals surface area contributed by atoms with Crippen molar-refractivity contribution in [2.45, 2.75) is 26.5 Å². The van der Waals surface area contributed by atoms with E-state index >= 15 is 0 Å². The van der Waals surface area contributed by atoms with Crippen LogP contribution in [0.15, 0.2) is 42.5 Å². The average molecular weight is 259 g/mol. The molecule has 0 fully saturated rings. The monoisotopic (exact) mass is 259 g/mol. The second-order valence-corrected chi connectivity index (χ2v) is 5.14. The molecule has 2 rings (SSSR count). The second kappa shape index (κ2) is 6.53. The van der Waals surface area contributed by atoms with E-state index in [4.69, 9.17) is 4.74 Å². The molecule has 102 valence electrons. The van der Waals surface area contributed by atoms with Crippen LogP contribution in [0.3, 0.4) is 0 Å². The molecule has 1 aliphatic rings. The third-order valence-corrected chi connectivity index (χ3v) is 3.49. The van der Waals surface area contributed by atoms with Gasteiger partial charge in [-0.25, -0.2) is 0 Å². The van der Waals surface area contributed by atoms with Crippen molar-refractivity contribution in [2.24, 2.45) is 11.8 Å². The van der Waals surface area contributed by atoms with Crippen molar-refractivity contribution < 1.29 is 9.53 Å². The van der Waals surface area contributed by atoms with Gasteiger partial charge in [-0.2, -0.15) is 0 Å². The Morgan fingerprint density at radius 3 is 2.63 bits per heavy atom. The third kappa shape index (κ3) is 3.93. The number of hydrogen-bond acceptors (Lipinski definition) is 2. The molecule has 0 aromatic heterocycles. The highest BCUT2D eigenvalue weighted by Crippen LogP contribution is 2.18. The van der Waals surface area contributed by atoms with Crippen LogP contribution in [0.25, 0.3) is 0 Å². The SMILES string of the molecule is CC1C=C[C@H](COCc2ccccc2)[C@H](C)C(=O)N1. The van der Waals surface area contributed by atoms with Gasteiger partial charge in [0.1, 0.15) is 0 Å². The molecular weight excluding hydrogens is 238 g/mol. The average Bonchev–Trinajstić information content (AvgIpc) is 2.53. The van der Waals surface area contributed by atoms with E-state index in [1.807, 2.05) is 50.3 Å². The molecule has 19 heavy (non-hydrogen) atoms. The molecule has 3 nitrogen and oxygen atoms in total. The summed E-state index contributed by atoms with van der Waals surface area (Å²) in [4.78, 5) is 11.9. The number of hydrogen-bond donors (Lipinski definition) is 1. The van der Waals surface area contributed by atoms with Gasteiger partial charge in [-0.05, 0) is 12.5 Å². The normalized spacial score (nSPS) is 26.8. The van der Waals surface area contributed by atoms with Crippen molar-refractivity contribution in [1.29, 1.82) is 0 Å². The molecule has 3 heteroatoms. The van der Waals surface area contributed by atoms with Crippen molar-refractivity contribution in [3.63, 3.8) is 0 Å². The minimum absolute atomic E-state index is 0.0445. The molecule has 0 saturated carbocycles. The molecule has 1 heterocycles. The maximum atomic E-state index is 11.9. The first-order chi connectivity index (χ1) is 9.16. The van der Waals surface area contributed by atoms with Crippen LogP contribution >= 0.6 is 0 Å². The number of benzene rings is 1. The van der Waals surface area contributed by atoms with Crippen LogP contribution < -0.4 is 5.32 Å². The molecule has 1 aliphatic heterocycles. The molecule has 0 radical (unpaired) electrons. The lowest BCUT2D eigenvalue weighted by molar-refractivity contribution is -0.126. The zero-order valence-electron chi connectivity index (χ0n) is 11.5. The van der Waals surface area contributed by atoms with Crippen LogP contribution in [-0.2, 0) is 16.1 Å². The Morgan fingerprint density at radius 2 is 1.89 bits per heavy atom. The van der Waals surface area contributed by atoms with Crippen molar-refractivity contribution in [3.05, 3.63) is 48.0 Å². The predicted molar refractivity (Wildman–Crippen MR) is 75.5 cm³/mol. The topological polar surface area (TPSA) is 38.3 Å². The molecule has 0 bridgehead atoms. The highest BCUT2D eigenvalue weighted by Gasteiger charge is 2.25. The molecule has 1 aromatic carbocycles. The summed E-state index contributed by atoms with van der Waals surface area (Å²) >= 11 is 0. The number of amides is 1. The molecule has 3 atom stereocenters. The van der Waals surface area contributed by atoms with E-state index < -0.39 is 0 Å². The lowest BCUT2D eigenvalue weighted by Gasteiger charge is -2.18. The van der Waals surface area contributed by atoms with Crippen LogP contribution in [0, 0.1) is 11.8 Å². The van der Waals surface area contributed by atoms with Crippen molar-refractivity contribution in [2.75, 3.05) is 6.61 Å². The molecular formula is C16H21NO2. The lowest BCUT2D eigenvalue weighted by Crippen LogP contribution is -2.36. The van der Waals surface area contributed by atoms with Crippen LogP contribution in [0.4, 0.5) is 0 Å². The smallest absolute Gasteiger partial charge is 0.223 e. The standard InChI is InChI=1S/C16H21NO2/c1-12-8-9-15(13(2)16(18)17-12)11-19-10-14-6-4-3-5-7-14/h3-9,12-13,15H,10-11H2,1-2H3,(H,17,18)/t12?,13-,15+/m0/s1. The number of carbonyl (C=O) groups excluding carboxylic acids is 1. The van der Waals surface area contributed by atoms with E-state index in [9.17, 15) is 4.79 Å². The second-order valence-electron chi connectivity index (χ2n) is 5.14. The van der Waals surface area contributed by atoms with E-state index in [1.54, 1.807) is 0 Å². The summed E-state index contributed by atoms with van der Waals surface area (Å²) < 4.78 is 5.74. The Bertz CT molecular complexity index is 441. The van der Waals surface area contributed by atoms with Crippen LogP contribution in [-0.4, -0.2) is 18.6 Å². The first kappa shape index (κ1) is 13.8. The van der Waals surface area contributed by atoms with Gasteiger partial charge >= 0.3 is 0 Å². The Balaban J connectivity index is 1.87. The Morgan fingerprint density at radius 1 is 1.16 bits per heavy atom. The Labute approximate surface area is 114 Å². The fourth-order valence-electron chi connectivity index (χ4n) is 2.16. The minimum Gasteiger partial charge on any atom is -0.376 e. The zero-order valence-corrected chi connectivity index (χ0v) is 11.5. The van der Waals surface area contributed by atoms with E-state index in [1.165, 1.54) is 0 Å². The highest BCUT2D eigenvalue weighted by atomic mass is 16.5. The molecule has 0 spiro atoms. The van der Waals surface area contributed by atoms with Gasteiger partial charge in [0.25, 0.3) is 0 Å². The van der Waals surface area contributed by atoms with E-state index in [-0.39, 0.29) is 23.8 Å². The predicted octanol–water partition coefficient (Wildman–Crippen LogP) is 2.53. The summed E-state index contributed by atoms with van der Waals surface area (Å²) in [5.74, 6) is 0.205. The molecule has 0 saturated heterocycles. The van der Waals surface area contributed by atoms with Crippen molar-refractivity contribution in [3.8, 4) is 0 Å². The molecule has 1 amide bonds. The van der Waals surface area contributed by atoms with E-state index in [2.05, 4.69) is 11.4 Å². The van der Waals surface area contributed by atoms with Crippen LogP contribution in [0.2, 0.25) is 0 Å². The fourth-order valence-corrected chi connectivity index (χ4v) is 2.16. The summed E-state index contributed by atoms with van der Waals surface area (Å²) in [7, 11) is 0. The molecule has 1 N–H and O–H groups in total. The number of nitrogens with one attached hydrogen (secondary N) is 1. The maximum Gasteiger partial charge on any atom is 0.223 e. The summed E-state index contributed by atoms with van der Waals surface area (Å²) in [5, 5.41) is 2.95. The van der Waals surface area contributed by atoms with Crippen LogP contribution in [0.5, 0.6) is 0 Å². The van der Waals surface area contributed by atoms with Crippen molar-refractivity contribution >= 4 is 5.91 Å². The summed E-state index contributed by atoms with van der Waals surface area (Å²) in [6, 6.07) is 10.2. The van der Waals surface area contributed by atoms with Gasteiger partial charge in [-0.3, -0.25) is 4.79 Å². The third-order valence-electron chi connectivity index (χ3n) is 3.49. The largest absolute Gasteiger partial charge is 0.376 e. The van der Waals surface area contributed by atoms with E-state index in [0.717, 1.165) is 5.56 Å². The summed E-state index contributed by atoms with van der Waals surface area (Å²) in [5.41, 5.74) is 1.16. The first-order valence-corrected chi connectivity index (χ1v) is 6.77. The first-order valence-electron chi connectivity index (χ1n) is 6.77. The van der Waals surface area contributed by atoms with Gasteiger partial charge in [0.05, 0.1) is 13.2 Å². The van der Waals surface area contributed by atoms with E-state index in [0.29, 0.717) is 13.2 Å².